The molecule has 0 bridgehead atoms. The molecule has 2 aromatic rings. The number of carbonyl (C=O) groups is 2. The highest BCUT2D eigenvalue weighted by Gasteiger charge is 2.16. The van der Waals surface area contributed by atoms with E-state index in [4.69, 9.17) is 4.74 Å². The van der Waals surface area contributed by atoms with Crippen LogP contribution < -0.4 is 15.4 Å². The maximum absolute atomic E-state index is 12.2. The summed E-state index contributed by atoms with van der Waals surface area (Å²) >= 11 is 1.32. The number of ether oxygens (including phenoxy) is 2. The number of hydrogen-bond donors (Lipinski definition) is 2. The van der Waals surface area contributed by atoms with Gasteiger partial charge < -0.3 is 20.1 Å². The van der Waals surface area contributed by atoms with Gasteiger partial charge in [-0.2, -0.15) is 0 Å². The number of hydrogen-bond acceptors (Lipinski definition) is 7. The average Bonchev–Trinajstić information content (AvgIpc) is 3.16. The van der Waals surface area contributed by atoms with E-state index in [-0.39, 0.29) is 17.4 Å². The predicted octanol–water partition coefficient (Wildman–Crippen LogP) is 2.60. The van der Waals surface area contributed by atoms with Gasteiger partial charge in [-0.3, -0.25) is 4.79 Å². The molecule has 0 radical (unpaired) electrons. The van der Waals surface area contributed by atoms with E-state index >= 15 is 0 Å². The molecule has 1 heterocycles. The molecule has 0 aliphatic carbocycles. The van der Waals surface area contributed by atoms with Crippen molar-refractivity contribution in [1.29, 1.82) is 0 Å². The van der Waals surface area contributed by atoms with Gasteiger partial charge in [0.05, 0.1) is 18.1 Å². The smallest absolute Gasteiger partial charge is 0.407 e. The standard InChI is InChI=1S/C19H24N2O6S2/c1-3-26-16-10-12-28-17(16)18(22)20-11-9-14-5-7-15(8-6-14)29(24,25)13-21-19(23)27-4-2/h5-8,10,12H,3-4,9,11,13H2,1-2H3,(H,20,22)(H,21,23). The molecule has 0 fully saturated rings. The molecule has 158 valence electrons. The van der Waals surface area contributed by atoms with Gasteiger partial charge in [-0.1, -0.05) is 12.1 Å². The lowest BCUT2D eigenvalue weighted by atomic mass is 10.1. The molecule has 2 rings (SSSR count). The molecule has 10 heteroatoms. The summed E-state index contributed by atoms with van der Waals surface area (Å²) in [5.41, 5.74) is 0.874. The molecule has 2 amide bonds. The van der Waals surface area contributed by atoms with Gasteiger partial charge >= 0.3 is 6.09 Å². The van der Waals surface area contributed by atoms with Gasteiger partial charge in [-0.05, 0) is 49.4 Å². The molecule has 0 atom stereocenters. The third-order valence-corrected chi connectivity index (χ3v) is 6.21. The van der Waals surface area contributed by atoms with Crippen LogP contribution >= 0.6 is 11.3 Å². The SMILES string of the molecule is CCOC(=O)NCS(=O)(=O)c1ccc(CCNC(=O)c2sccc2OCC)cc1. The first-order valence-electron chi connectivity index (χ1n) is 9.08. The lowest BCUT2D eigenvalue weighted by molar-refractivity contribution is 0.0954. The fourth-order valence-corrected chi connectivity index (χ4v) is 4.19. The summed E-state index contributed by atoms with van der Waals surface area (Å²) in [6.45, 7) is 4.54. The van der Waals surface area contributed by atoms with E-state index in [1.54, 1.807) is 30.5 Å². The van der Waals surface area contributed by atoms with Gasteiger partial charge in [0, 0.05) is 6.54 Å². The largest absolute Gasteiger partial charge is 0.492 e. The molecule has 29 heavy (non-hydrogen) atoms. The third kappa shape index (κ3) is 6.75. The van der Waals surface area contributed by atoms with E-state index in [0.717, 1.165) is 5.56 Å². The number of rotatable bonds is 10. The molecule has 0 spiro atoms. The molecule has 1 aromatic carbocycles. The molecule has 0 unspecified atom stereocenters. The van der Waals surface area contributed by atoms with E-state index in [1.165, 1.54) is 23.5 Å². The van der Waals surface area contributed by atoms with Crippen molar-refractivity contribution in [3.8, 4) is 5.75 Å². The second-order valence-corrected chi connectivity index (χ2v) is 8.76. The zero-order valence-electron chi connectivity index (χ0n) is 16.3. The average molecular weight is 441 g/mol. The summed E-state index contributed by atoms with van der Waals surface area (Å²) in [5, 5.41) is 6.84. The minimum atomic E-state index is -3.66. The van der Waals surface area contributed by atoms with Gasteiger partial charge in [0.15, 0.2) is 9.84 Å². The molecule has 8 nitrogen and oxygen atoms in total. The Morgan fingerprint density at radius 1 is 1.03 bits per heavy atom. The van der Waals surface area contributed by atoms with Crippen LogP contribution in [0.15, 0.2) is 40.6 Å². The van der Waals surface area contributed by atoms with Crippen molar-refractivity contribution in [1.82, 2.24) is 10.6 Å². The molecular formula is C19H24N2O6S2. The Hall–Kier alpha value is -2.59. The quantitative estimate of drug-likeness (QED) is 0.588. The Labute approximate surface area is 174 Å². The van der Waals surface area contributed by atoms with Crippen LogP contribution in [-0.4, -0.2) is 46.1 Å². The normalized spacial score (nSPS) is 11.0. The van der Waals surface area contributed by atoms with Gasteiger partial charge in [0.2, 0.25) is 0 Å². The van der Waals surface area contributed by atoms with Gasteiger partial charge in [0.1, 0.15) is 16.5 Å². The maximum atomic E-state index is 12.2. The number of sulfone groups is 1. The fraction of sp³-hybridized carbons (Fsp3) is 0.368. The first-order valence-corrected chi connectivity index (χ1v) is 11.6. The van der Waals surface area contributed by atoms with E-state index < -0.39 is 21.8 Å². The molecule has 0 aliphatic heterocycles. The highest BCUT2D eigenvalue weighted by Crippen LogP contribution is 2.24. The van der Waals surface area contributed by atoms with E-state index in [0.29, 0.717) is 30.2 Å². The molecular weight excluding hydrogens is 416 g/mol. The van der Waals surface area contributed by atoms with Gasteiger partial charge in [-0.25, -0.2) is 13.2 Å². The van der Waals surface area contributed by atoms with Crippen molar-refractivity contribution in [3.05, 3.63) is 46.2 Å². The topological polar surface area (TPSA) is 111 Å². The minimum absolute atomic E-state index is 0.0991. The van der Waals surface area contributed by atoms with Crippen LogP contribution in [0.4, 0.5) is 4.79 Å². The molecule has 2 N–H and O–H groups in total. The van der Waals surface area contributed by atoms with Crippen molar-refractivity contribution in [2.45, 2.75) is 25.2 Å². The van der Waals surface area contributed by atoms with Crippen LogP contribution in [0.2, 0.25) is 0 Å². The summed E-state index contributed by atoms with van der Waals surface area (Å²) in [7, 11) is -3.66. The number of thiophene rings is 1. The predicted molar refractivity (Wildman–Crippen MR) is 110 cm³/mol. The van der Waals surface area contributed by atoms with Crippen LogP contribution in [0.25, 0.3) is 0 Å². The highest BCUT2D eigenvalue weighted by atomic mass is 32.2. The van der Waals surface area contributed by atoms with Crippen LogP contribution in [0.1, 0.15) is 29.1 Å². The first-order chi connectivity index (χ1) is 13.9. The Balaban J connectivity index is 1.86. The third-order valence-electron chi connectivity index (χ3n) is 3.80. The monoisotopic (exact) mass is 440 g/mol. The van der Waals surface area contributed by atoms with Crippen LogP contribution in [0.3, 0.4) is 0 Å². The van der Waals surface area contributed by atoms with E-state index in [2.05, 4.69) is 15.4 Å². The van der Waals surface area contributed by atoms with Crippen molar-refractivity contribution in [3.63, 3.8) is 0 Å². The van der Waals surface area contributed by atoms with Crippen LogP contribution in [0.5, 0.6) is 5.75 Å². The summed E-state index contributed by atoms with van der Waals surface area (Å²) < 4.78 is 34.5. The molecule has 0 aliphatic rings. The van der Waals surface area contributed by atoms with Crippen LogP contribution in [0, 0.1) is 0 Å². The number of carbonyl (C=O) groups excluding carboxylic acids is 2. The highest BCUT2D eigenvalue weighted by molar-refractivity contribution is 7.91. The number of alkyl carbamates (subject to hydrolysis) is 1. The second kappa shape index (κ2) is 10.8. The van der Waals surface area contributed by atoms with E-state index in [1.807, 2.05) is 6.92 Å². The molecule has 0 saturated heterocycles. The van der Waals surface area contributed by atoms with Crippen molar-refractivity contribution < 1.29 is 27.5 Å². The summed E-state index contributed by atoms with van der Waals surface area (Å²) in [5.74, 6) is -0.168. The first kappa shape index (κ1) is 22.7. The van der Waals surface area contributed by atoms with Crippen molar-refractivity contribution >= 4 is 33.2 Å². The van der Waals surface area contributed by atoms with Crippen molar-refractivity contribution in [2.75, 3.05) is 25.6 Å². The van der Waals surface area contributed by atoms with Crippen molar-refractivity contribution in [2.24, 2.45) is 0 Å². The maximum Gasteiger partial charge on any atom is 0.407 e. The summed E-state index contributed by atoms with van der Waals surface area (Å²) in [6.07, 6.45) is -0.232. The summed E-state index contributed by atoms with van der Waals surface area (Å²) in [4.78, 5) is 24.1. The Morgan fingerprint density at radius 3 is 2.41 bits per heavy atom. The molecule has 0 saturated carbocycles. The molecule has 1 aromatic heterocycles. The number of nitrogens with one attached hydrogen (secondary N) is 2. The van der Waals surface area contributed by atoms with E-state index in [9.17, 15) is 18.0 Å². The second-order valence-electron chi connectivity index (χ2n) is 5.85. The Bertz CT molecular complexity index is 922. The number of amides is 2. The Kier molecular flexibility index (Phi) is 8.47. The minimum Gasteiger partial charge on any atom is -0.492 e. The lowest BCUT2D eigenvalue weighted by Gasteiger charge is -2.09. The van der Waals surface area contributed by atoms with Gasteiger partial charge in [0.25, 0.3) is 5.91 Å². The van der Waals surface area contributed by atoms with Gasteiger partial charge in [-0.15, -0.1) is 11.3 Å². The van der Waals surface area contributed by atoms with Crippen LogP contribution in [-0.2, 0) is 21.0 Å². The fourth-order valence-electron chi connectivity index (χ4n) is 2.42. The lowest BCUT2D eigenvalue weighted by Crippen LogP contribution is -2.30. The summed E-state index contributed by atoms with van der Waals surface area (Å²) in [6, 6.07) is 8.08. The zero-order valence-corrected chi connectivity index (χ0v) is 17.9. The zero-order chi connectivity index (χ0) is 21.3. The Morgan fingerprint density at radius 2 is 1.76 bits per heavy atom. The number of benzene rings is 1.